The van der Waals surface area contributed by atoms with Gasteiger partial charge in [-0.3, -0.25) is 0 Å². The van der Waals surface area contributed by atoms with E-state index in [4.69, 9.17) is 9.47 Å². The van der Waals surface area contributed by atoms with Crippen LogP contribution in [0.4, 0.5) is 14.0 Å². The summed E-state index contributed by atoms with van der Waals surface area (Å²) < 4.78 is 30.2. The minimum absolute atomic E-state index is 0.0226. The lowest BCUT2D eigenvalue weighted by atomic mass is 9.88. The number of likely N-dealkylation sites (tertiary alicyclic amines) is 1. The highest BCUT2D eigenvalue weighted by molar-refractivity contribution is 5.68. The molecule has 1 aliphatic rings. The van der Waals surface area contributed by atoms with E-state index >= 15 is 0 Å². The molecule has 1 aliphatic heterocycles. The van der Waals surface area contributed by atoms with Gasteiger partial charge in [0.1, 0.15) is 11.4 Å². The van der Waals surface area contributed by atoms with Crippen molar-refractivity contribution < 1.29 is 28.2 Å². The van der Waals surface area contributed by atoms with E-state index in [1.54, 1.807) is 4.90 Å². The van der Waals surface area contributed by atoms with Crippen LogP contribution in [0.3, 0.4) is 0 Å². The molecule has 2 amide bonds. The molecule has 1 saturated heterocycles. The number of carbonyl (C=O) groups is 2. The lowest BCUT2D eigenvalue weighted by molar-refractivity contribution is -0.0247. The lowest BCUT2D eigenvalue weighted by Crippen LogP contribution is -2.44. The highest BCUT2D eigenvalue weighted by Gasteiger charge is 2.33. The molecule has 30 heavy (non-hydrogen) atoms. The van der Waals surface area contributed by atoms with Gasteiger partial charge in [-0.2, -0.15) is 0 Å². The molecule has 0 aromatic heterocycles. The topological polar surface area (TPSA) is 77.1 Å². The van der Waals surface area contributed by atoms with Gasteiger partial charge in [0, 0.05) is 25.6 Å². The number of methoxy groups -OCH3 is 1. The van der Waals surface area contributed by atoms with E-state index in [1.165, 1.54) is 19.2 Å². The summed E-state index contributed by atoms with van der Waals surface area (Å²) in [5, 5.41) is 2.57. The first kappa shape index (κ1) is 23.9. The molecule has 168 valence electrons. The van der Waals surface area contributed by atoms with Gasteiger partial charge in [0.15, 0.2) is 0 Å². The molecular weight excluding hydrogens is 391 g/mol. The number of hydrogen-bond donors (Lipinski definition) is 1. The van der Waals surface area contributed by atoms with E-state index in [-0.39, 0.29) is 31.0 Å². The largest absolute Gasteiger partial charge is 0.453 e. The summed E-state index contributed by atoms with van der Waals surface area (Å²) >= 11 is 0. The van der Waals surface area contributed by atoms with E-state index in [9.17, 15) is 14.0 Å². The Kier molecular flexibility index (Phi) is 8.46. The highest BCUT2D eigenvalue weighted by Crippen LogP contribution is 2.34. The molecule has 8 heteroatoms. The zero-order valence-electron chi connectivity index (χ0n) is 18.5. The van der Waals surface area contributed by atoms with Crippen LogP contribution < -0.4 is 5.32 Å². The van der Waals surface area contributed by atoms with Crippen molar-refractivity contribution in [2.45, 2.75) is 52.2 Å². The second kappa shape index (κ2) is 10.6. The molecule has 1 aromatic rings. The van der Waals surface area contributed by atoms with E-state index in [0.29, 0.717) is 13.1 Å². The average Bonchev–Trinajstić information content (AvgIpc) is 2.65. The number of benzene rings is 1. The number of aryl methyl sites for hydroxylation is 1. The fourth-order valence-corrected chi connectivity index (χ4v) is 3.59. The van der Waals surface area contributed by atoms with E-state index < -0.39 is 17.8 Å². The molecule has 0 unspecified atom stereocenters. The summed E-state index contributed by atoms with van der Waals surface area (Å²) in [5.74, 6) is -0.350. The number of nitrogens with one attached hydrogen (secondary N) is 1. The maximum atomic E-state index is 14.1. The Hall–Kier alpha value is -2.35. The molecule has 0 radical (unpaired) electrons. The van der Waals surface area contributed by atoms with Crippen LogP contribution in [0.1, 0.15) is 50.8 Å². The minimum Gasteiger partial charge on any atom is -0.453 e. The Morgan fingerprint density at radius 1 is 1.30 bits per heavy atom. The SMILES string of the molecule is COC(=O)NCCO[C@@H](c1cc(C)cc(F)c1)[C@@H]1CCCN(C(=O)OC(C)(C)C)C1. The summed E-state index contributed by atoms with van der Waals surface area (Å²) in [6, 6.07) is 4.83. The maximum Gasteiger partial charge on any atom is 0.410 e. The van der Waals surface area contributed by atoms with E-state index in [1.807, 2.05) is 33.8 Å². The summed E-state index contributed by atoms with van der Waals surface area (Å²) in [5.41, 5.74) is 0.951. The summed E-state index contributed by atoms with van der Waals surface area (Å²) in [7, 11) is 1.29. The third-order valence-electron chi connectivity index (χ3n) is 4.78. The van der Waals surface area contributed by atoms with Gasteiger partial charge >= 0.3 is 12.2 Å². The van der Waals surface area contributed by atoms with Crippen molar-refractivity contribution in [1.29, 1.82) is 0 Å². The monoisotopic (exact) mass is 424 g/mol. The molecule has 0 aliphatic carbocycles. The molecule has 0 saturated carbocycles. The van der Waals surface area contributed by atoms with Crippen LogP contribution in [-0.2, 0) is 14.2 Å². The predicted octanol–water partition coefficient (Wildman–Crippen LogP) is 4.19. The van der Waals surface area contributed by atoms with Crippen LogP contribution >= 0.6 is 0 Å². The van der Waals surface area contributed by atoms with Gasteiger partial charge in [-0.1, -0.05) is 6.07 Å². The number of piperidine rings is 1. The number of carbonyl (C=O) groups excluding carboxylic acids is 2. The number of nitrogens with zero attached hydrogens (tertiary/aromatic N) is 1. The van der Waals surface area contributed by atoms with Gasteiger partial charge in [-0.05, 0) is 63.8 Å². The normalized spacial score (nSPS) is 17.9. The van der Waals surface area contributed by atoms with Gasteiger partial charge < -0.3 is 24.4 Å². The smallest absolute Gasteiger partial charge is 0.410 e. The van der Waals surface area contributed by atoms with Gasteiger partial charge in [0.05, 0.1) is 19.8 Å². The first-order valence-electron chi connectivity index (χ1n) is 10.3. The van der Waals surface area contributed by atoms with Crippen molar-refractivity contribution in [3.05, 3.63) is 35.1 Å². The first-order valence-corrected chi connectivity index (χ1v) is 10.3. The molecule has 1 aromatic carbocycles. The van der Waals surface area contributed by atoms with Crippen molar-refractivity contribution in [3.8, 4) is 0 Å². The summed E-state index contributed by atoms with van der Waals surface area (Å²) in [6.07, 6.45) is 0.339. The quantitative estimate of drug-likeness (QED) is 0.693. The van der Waals surface area contributed by atoms with Crippen molar-refractivity contribution in [3.63, 3.8) is 0 Å². The molecule has 7 nitrogen and oxygen atoms in total. The summed E-state index contributed by atoms with van der Waals surface area (Å²) in [6.45, 7) is 8.91. The van der Waals surface area contributed by atoms with Crippen molar-refractivity contribution in [1.82, 2.24) is 10.2 Å². The summed E-state index contributed by atoms with van der Waals surface area (Å²) in [4.78, 5) is 25.5. The molecule has 2 atom stereocenters. The molecular formula is C22H33FN2O5. The fourth-order valence-electron chi connectivity index (χ4n) is 3.59. The number of alkyl carbamates (subject to hydrolysis) is 1. The standard InChI is InChI=1S/C22H33FN2O5/c1-15-11-17(13-18(23)12-15)19(29-10-8-24-20(26)28-5)16-7-6-9-25(14-16)21(27)30-22(2,3)4/h11-13,16,19H,6-10,14H2,1-5H3,(H,24,26)/t16-,19-/m1/s1. The Morgan fingerprint density at radius 2 is 2.03 bits per heavy atom. The Bertz CT molecular complexity index is 714. The van der Waals surface area contributed by atoms with Crippen LogP contribution in [0.2, 0.25) is 0 Å². The third kappa shape index (κ3) is 7.48. The van der Waals surface area contributed by atoms with Crippen LogP contribution in [-0.4, -0.2) is 56.0 Å². The van der Waals surface area contributed by atoms with Gasteiger partial charge in [0.2, 0.25) is 0 Å². The second-order valence-electron chi connectivity index (χ2n) is 8.60. The van der Waals surface area contributed by atoms with E-state index in [0.717, 1.165) is 24.0 Å². The van der Waals surface area contributed by atoms with Crippen LogP contribution in [0.5, 0.6) is 0 Å². The number of halogens is 1. The predicted molar refractivity (Wildman–Crippen MR) is 111 cm³/mol. The first-order chi connectivity index (χ1) is 14.1. The zero-order chi connectivity index (χ0) is 22.3. The number of rotatable bonds is 6. The Balaban J connectivity index is 2.14. The lowest BCUT2D eigenvalue weighted by Gasteiger charge is -2.37. The molecule has 1 fully saturated rings. The molecule has 1 heterocycles. The third-order valence-corrected chi connectivity index (χ3v) is 4.78. The van der Waals surface area contributed by atoms with Crippen molar-refractivity contribution in [2.24, 2.45) is 5.92 Å². The van der Waals surface area contributed by atoms with Gasteiger partial charge in [-0.15, -0.1) is 0 Å². The average molecular weight is 425 g/mol. The van der Waals surface area contributed by atoms with E-state index in [2.05, 4.69) is 10.1 Å². The van der Waals surface area contributed by atoms with Gasteiger partial charge in [0.25, 0.3) is 0 Å². The van der Waals surface area contributed by atoms with Crippen LogP contribution in [0.25, 0.3) is 0 Å². The zero-order valence-corrected chi connectivity index (χ0v) is 18.5. The highest BCUT2D eigenvalue weighted by atomic mass is 19.1. The molecule has 2 rings (SSSR count). The molecule has 1 N–H and O–H groups in total. The number of hydrogen-bond acceptors (Lipinski definition) is 5. The number of ether oxygens (including phenoxy) is 3. The Morgan fingerprint density at radius 3 is 2.67 bits per heavy atom. The van der Waals surface area contributed by atoms with Crippen molar-refractivity contribution in [2.75, 3.05) is 33.4 Å². The van der Waals surface area contributed by atoms with Gasteiger partial charge in [-0.25, -0.2) is 14.0 Å². The minimum atomic E-state index is -0.570. The fraction of sp³-hybridized carbons (Fsp3) is 0.636. The van der Waals surface area contributed by atoms with Crippen molar-refractivity contribution >= 4 is 12.2 Å². The molecule has 0 bridgehead atoms. The second-order valence-corrected chi connectivity index (χ2v) is 8.60. The molecule has 0 spiro atoms. The number of amides is 2. The van der Waals surface area contributed by atoms with Crippen LogP contribution in [0.15, 0.2) is 18.2 Å². The maximum absolute atomic E-state index is 14.1. The van der Waals surface area contributed by atoms with Crippen LogP contribution in [0, 0.1) is 18.7 Å². The Labute approximate surface area is 177 Å².